The van der Waals surface area contributed by atoms with E-state index in [1.54, 1.807) is 31.2 Å². The Kier molecular flexibility index (Phi) is 6.56. The minimum atomic E-state index is -0.757. The third-order valence-corrected chi connectivity index (χ3v) is 4.98. The van der Waals surface area contributed by atoms with E-state index in [1.807, 2.05) is 6.92 Å². The van der Waals surface area contributed by atoms with Gasteiger partial charge in [-0.15, -0.1) is 0 Å². The Morgan fingerprint density at radius 1 is 1.06 bits per heavy atom. The van der Waals surface area contributed by atoms with Crippen LogP contribution in [0.2, 0.25) is 5.02 Å². The minimum absolute atomic E-state index is 0.0774. The van der Waals surface area contributed by atoms with E-state index >= 15 is 0 Å². The topological polar surface area (TPSA) is 84.0 Å². The van der Waals surface area contributed by atoms with E-state index in [0.717, 1.165) is 10.5 Å². The number of carbonyl (C=O) groups excluding carboxylic acids is 4. The summed E-state index contributed by atoms with van der Waals surface area (Å²) in [5, 5.41) is 0.477. The summed E-state index contributed by atoms with van der Waals surface area (Å²) in [6.07, 6.45) is 0. The van der Waals surface area contributed by atoms with Gasteiger partial charge in [0.05, 0.1) is 22.4 Å². The average Bonchev–Trinajstić information content (AvgIpc) is 3.00. The summed E-state index contributed by atoms with van der Waals surface area (Å²) in [5.74, 6) is -2.14. The maximum Gasteiger partial charge on any atom is 0.338 e. The minimum Gasteiger partial charge on any atom is -0.452 e. The zero-order valence-corrected chi connectivity index (χ0v) is 17.9. The van der Waals surface area contributed by atoms with Gasteiger partial charge in [-0.1, -0.05) is 23.8 Å². The van der Waals surface area contributed by atoms with Crippen LogP contribution in [0.25, 0.3) is 0 Å². The van der Waals surface area contributed by atoms with Crippen LogP contribution in [0.5, 0.6) is 0 Å². The van der Waals surface area contributed by atoms with Crippen molar-refractivity contribution in [3.63, 3.8) is 0 Å². The number of halogens is 1. The number of carbonyl (C=O) groups is 4. The van der Waals surface area contributed by atoms with Crippen LogP contribution in [0.15, 0.2) is 54.6 Å². The molecule has 0 aromatic heterocycles. The molecule has 1 aliphatic heterocycles. The Hall–Kier alpha value is -3.45. The highest BCUT2D eigenvalue weighted by Crippen LogP contribution is 2.30. The molecule has 7 nitrogen and oxygen atoms in total. The monoisotopic (exact) mass is 440 g/mol. The summed E-state index contributed by atoms with van der Waals surface area (Å²) in [5.41, 5.74) is 1.55. The maximum atomic E-state index is 12.8. The molecule has 1 aliphatic rings. The van der Waals surface area contributed by atoms with Crippen LogP contribution in [0.3, 0.4) is 0 Å². The molecule has 3 rings (SSSR count). The van der Waals surface area contributed by atoms with Crippen LogP contribution in [0.4, 0.5) is 5.69 Å². The molecule has 0 spiro atoms. The molecule has 0 saturated heterocycles. The van der Waals surface area contributed by atoms with E-state index < -0.39 is 24.4 Å². The molecule has 0 radical (unpaired) electrons. The molecule has 0 fully saturated rings. The predicted molar refractivity (Wildman–Crippen MR) is 116 cm³/mol. The molecule has 0 N–H and O–H groups in total. The molecule has 0 bridgehead atoms. The predicted octanol–water partition coefficient (Wildman–Crippen LogP) is 3.72. The summed E-state index contributed by atoms with van der Waals surface area (Å²) < 4.78 is 5.12. The Bertz CT molecular complexity index is 1080. The van der Waals surface area contributed by atoms with Gasteiger partial charge in [0.1, 0.15) is 0 Å². The molecule has 0 unspecified atom stereocenters. The van der Waals surface area contributed by atoms with Gasteiger partial charge < -0.3 is 9.64 Å². The van der Waals surface area contributed by atoms with Crippen molar-refractivity contribution in [3.8, 4) is 0 Å². The Morgan fingerprint density at radius 2 is 1.71 bits per heavy atom. The van der Waals surface area contributed by atoms with E-state index in [0.29, 0.717) is 23.8 Å². The number of ether oxygens (including phenoxy) is 1. The fourth-order valence-electron chi connectivity index (χ4n) is 3.20. The molecule has 0 atom stereocenters. The molecule has 1 heterocycles. The van der Waals surface area contributed by atoms with Crippen LogP contribution in [0.1, 0.15) is 44.9 Å². The molecule has 8 heteroatoms. The number of amides is 3. The van der Waals surface area contributed by atoms with Crippen LogP contribution in [-0.4, -0.2) is 48.3 Å². The van der Waals surface area contributed by atoms with Crippen LogP contribution in [-0.2, 0) is 9.53 Å². The van der Waals surface area contributed by atoms with E-state index in [4.69, 9.17) is 16.3 Å². The van der Waals surface area contributed by atoms with Gasteiger partial charge in [0.2, 0.25) is 0 Å². The maximum absolute atomic E-state index is 12.8. The largest absolute Gasteiger partial charge is 0.452 e. The van der Waals surface area contributed by atoms with Gasteiger partial charge in [0.15, 0.2) is 6.61 Å². The summed E-state index contributed by atoms with van der Waals surface area (Å²) in [6, 6.07) is 10.4. The molecule has 2 aromatic carbocycles. The highest BCUT2D eigenvalue weighted by atomic mass is 35.5. The van der Waals surface area contributed by atoms with Gasteiger partial charge in [0, 0.05) is 18.1 Å². The smallest absolute Gasteiger partial charge is 0.338 e. The number of esters is 1. The van der Waals surface area contributed by atoms with Crippen LogP contribution < -0.4 is 4.90 Å². The van der Waals surface area contributed by atoms with E-state index in [-0.39, 0.29) is 22.6 Å². The fourth-order valence-corrected chi connectivity index (χ4v) is 3.32. The number of hydrogen-bond acceptors (Lipinski definition) is 5. The van der Waals surface area contributed by atoms with Gasteiger partial charge in [-0.25, -0.2) is 9.69 Å². The van der Waals surface area contributed by atoms with Crippen molar-refractivity contribution < 1.29 is 23.9 Å². The third kappa shape index (κ3) is 4.67. The van der Waals surface area contributed by atoms with Gasteiger partial charge in [-0.3, -0.25) is 14.4 Å². The molecule has 3 amide bonds. The van der Waals surface area contributed by atoms with Crippen molar-refractivity contribution in [2.24, 2.45) is 0 Å². The first-order valence-corrected chi connectivity index (χ1v) is 9.98. The molecule has 31 heavy (non-hydrogen) atoms. The van der Waals surface area contributed by atoms with Crippen LogP contribution in [0, 0.1) is 0 Å². The SMILES string of the molecule is C=C(C)CN(CC)C(=O)COC(=O)c1ccc2c(c1)C(=O)N(c1ccc(Cl)cc1)C2=O. The quantitative estimate of drug-likeness (QED) is 0.372. The highest BCUT2D eigenvalue weighted by molar-refractivity contribution is 6.35. The fraction of sp³-hybridized carbons (Fsp3) is 0.217. The number of rotatable bonds is 7. The van der Waals surface area contributed by atoms with Crippen molar-refractivity contribution in [1.29, 1.82) is 0 Å². The first-order chi connectivity index (χ1) is 14.7. The lowest BCUT2D eigenvalue weighted by Gasteiger charge is -2.20. The van der Waals surface area contributed by atoms with Gasteiger partial charge in [-0.2, -0.15) is 0 Å². The Labute approximate surface area is 184 Å². The lowest BCUT2D eigenvalue weighted by Crippen LogP contribution is -2.35. The lowest BCUT2D eigenvalue weighted by molar-refractivity contribution is -0.133. The number of likely N-dealkylation sites (N-methyl/N-ethyl adjacent to an activating group) is 1. The second-order valence-corrected chi connectivity index (χ2v) is 7.56. The molecule has 0 saturated carbocycles. The van der Waals surface area contributed by atoms with Crippen molar-refractivity contribution >= 4 is 41.0 Å². The number of benzene rings is 2. The van der Waals surface area contributed by atoms with Gasteiger partial charge in [-0.05, 0) is 56.3 Å². The molecular formula is C23H21ClN2O5. The van der Waals surface area contributed by atoms with Crippen molar-refractivity contribution in [3.05, 3.63) is 76.3 Å². The molecule has 160 valence electrons. The van der Waals surface area contributed by atoms with Crippen molar-refractivity contribution in [2.75, 3.05) is 24.6 Å². The van der Waals surface area contributed by atoms with E-state index in [9.17, 15) is 19.2 Å². The summed E-state index contributed by atoms with van der Waals surface area (Å²) >= 11 is 5.87. The Balaban J connectivity index is 1.74. The second kappa shape index (κ2) is 9.14. The number of imide groups is 1. The van der Waals surface area contributed by atoms with Crippen molar-refractivity contribution in [2.45, 2.75) is 13.8 Å². The normalized spacial score (nSPS) is 12.5. The van der Waals surface area contributed by atoms with E-state index in [1.165, 1.54) is 23.1 Å². The van der Waals surface area contributed by atoms with Crippen molar-refractivity contribution in [1.82, 2.24) is 4.90 Å². The lowest BCUT2D eigenvalue weighted by atomic mass is 10.1. The zero-order chi connectivity index (χ0) is 22.7. The first-order valence-electron chi connectivity index (χ1n) is 9.60. The first kappa shape index (κ1) is 22.2. The van der Waals surface area contributed by atoms with Gasteiger partial charge >= 0.3 is 5.97 Å². The number of fused-ring (bicyclic) bond motifs is 1. The third-order valence-electron chi connectivity index (χ3n) is 4.73. The standard InChI is InChI=1S/C23H21ClN2O5/c1-4-25(12-14(2)3)20(27)13-31-23(30)15-5-10-18-19(11-15)22(29)26(21(18)28)17-8-6-16(24)7-9-17/h5-11H,2,4,12-13H2,1,3H3. The average molecular weight is 441 g/mol. The zero-order valence-electron chi connectivity index (χ0n) is 17.2. The summed E-state index contributed by atoms with van der Waals surface area (Å²) in [4.78, 5) is 52.7. The molecule has 0 aliphatic carbocycles. The summed E-state index contributed by atoms with van der Waals surface area (Å²) in [7, 11) is 0. The van der Waals surface area contributed by atoms with E-state index in [2.05, 4.69) is 6.58 Å². The molecule has 2 aromatic rings. The van der Waals surface area contributed by atoms with Crippen LogP contribution >= 0.6 is 11.6 Å². The number of hydrogen-bond donors (Lipinski definition) is 0. The van der Waals surface area contributed by atoms with Gasteiger partial charge in [0.25, 0.3) is 17.7 Å². The molecular weight excluding hydrogens is 420 g/mol. The Morgan fingerprint density at radius 3 is 2.32 bits per heavy atom. The number of nitrogens with zero attached hydrogens (tertiary/aromatic N) is 2. The second-order valence-electron chi connectivity index (χ2n) is 7.12. The number of anilines is 1. The highest BCUT2D eigenvalue weighted by Gasteiger charge is 2.37. The summed E-state index contributed by atoms with van der Waals surface area (Å²) in [6.45, 7) is 7.80.